The van der Waals surface area contributed by atoms with Gasteiger partial charge < -0.3 is 30.7 Å². The van der Waals surface area contributed by atoms with E-state index in [1.807, 2.05) is 18.2 Å². The van der Waals surface area contributed by atoms with Crippen LogP contribution in [0.3, 0.4) is 0 Å². The van der Waals surface area contributed by atoms with E-state index in [4.69, 9.17) is 9.47 Å². The third-order valence-corrected chi connectivity index (χ3v) is 5.46. The second-order valence-electron chi connectivity index (χ2n) is 8.86. The van der Waals surface area contributed by atoms with Crippen molar-refractivity contribution in [1.29, 1.82) is 0 Å². The lowest BCUT2D eigenvalue weighted by Crippen LogP contribution is -2.27. The van der Waals surface area contributed by atoms with Crippen molar-refractivity contribution >= 4 is 23.8 Å². The van der Waals surface area contributed by atoms with Gasteiger partial charge in [-0.3, -0.25) is 4.79 Å². The Morgan fingerprint density at radius 3 is 2.26 bits per heavy atom. The molecular weight excluding hydrogens is 446 g/mol. The van der Waals surface area contributed by atoms with E-state index in [-0.39, 0.29) is 11.9 Å². The first-order valence-electron chi connectivity index (χ1n) is 12.6. The van der Waals surface area contributed by atoms with Crippen LogP contribution in [0.5, 0.6) is 0 Å². The van der Waals surface area contributed by atoms with E-state index in [2.05, 4.69) is 50.1 Å². The average Bonchev–Trinajstić information content (AvgIpc) is 2.85. The third kappa shape index (κ3) is 10.4. The zero-order valence-corrected chi connectivity index (χ0v) is 20.9. The van der Waals surface area contributed by atoms with Crippen molar-refractivity contribution in [3.63, 3.8) is 0 Å². The Balaban J connectivity index is 1.29. The molecule has 0 unspecified atom stereocenters. The molecule has 1 amide bonds. The summed E-state index contributed by atoms with van der Waals surface area (Å²) < 4.78 is 11.1. The Morgan fingerprint density at radius 1 is 0.886 bits per heavy atom. The number of hydrogen-bond donors (Lipinski definition) is 4. The molecular formula is C25H39N7O3. The number of carbonyl (C=O) groups excluding carboxylic acids is 1. The number of carbonyl (C=O) groups is 1. The minimum atomic E-state index is -0.0984. The summed E-state index contributed by atoms with van der Waals surface area (Å²) in [7, 11) is 0. The van der Waals surface area contributed by atoms with Crippen LogP contribution in [0, 0.1) is 0 Å². The molecule has 0 radical (unpaired) electrons. The highest BCUT2D eigenvalue weighted by atomic mass is 16.5. The Labute approximate surface area is 208 Å². The molecule has 2 aromatic rings. The van der Waals surface area contributed by atoms with Gasteiger partial charge in [-0.25, -0.2) is 0 Å². The number of nitrogens with one attached hydrogen (secondary N) is 4. The predicted octanol–water partition coefficient (Wildman–Crippen LogP) is 3.31. The van der Waals surface area contributed by atoms with Crippen LogP contribution in [0.4, 0.5) is 17.8 Å². The first-order chi connectivity index (χ1) is 17.1. The Hall–Kier alpha value is -2.98. The fourth-order valence-electron chi connectivity index (χ4n) is 3.76. The Bertz CT molecular complexity index is 877. The molecule has 0 atom stereocenters. The van der Waals surface area contributed by atoms with Crippen LogP contribution in [0.1, 0.15) is 56.3 Å². The van der Waals surface area contributed by atoms with Gasteiger partial charge in [-0.15, -0.1) is 0 Å². The number of amides is 1. The van der Waals surface area contributed by atoms with E-state index in [0.29, 0.717) is 69.0 Å². The SMILES string of the molecule is CC(C)Nc1nc(NCCOCCOCCNC(=O)c2ccccc2)nc(NC2CCCCC2)n1. The lowest BCUT2D eigenvalue weighted by molar-refractivity contribution is 0.0519. The summed E-state index contributed by atoms with van der Waals surface area (Å²) in [5.41, 5.74) is 0.644. The summed E-state index contributed by atoms with van der Waals surface area (Å²) in [5, 5.41) is 12.8. The van der Waals surface area contributed by atoms with E-state index in [9.17, 15) is 4.79 Å². The summed E-state index contributed by atoms with van der Waals surface area (Å²) in [5.74, 6) is 1.59. The lowest BCUT2D eigenvalue weighted by Gasteiger charge is -2.23. The van der Waals surface area contributed by atoms with Crippen LogP contribution in [-0.4, -0.2) is 72.5 Å². The molecule has 1 aliphatic rings. The molecule has 35 heavy (non-hydrogen) atoms. The highest BCUT2D eigenvalue weighted by Crippen LogP contribution is 2.21. The number of aromatic nitrogens is 3. The van der Waals surface area contributed by atoms with Crippen molar-refractivity contribution in [2.45, 2.75) is 58.0 Å². The molecule has 192 valence electrons. The normalized spacial score (nSPS) is 14.0. The van der Waals surface area contributed by atoms with Crippen molar-refractivity contribution in [2.75, 3.05) is 55.5 Å². The monoisotopic (exact) mass is 485 g/mol. The van der Waals surface area contributed by atoms with E-state index in [1.165, 1.54) is 19.3 Å². The van der Waals surface area contributed by atoms with Gasteiger partial charge >= 0.3 is 0 Å². The number of anilines is 3. The molecule has 10 heteroatoms. The number of ether oxygens (including phenoxy) is 2. The molecule has 0 saturated heterocycles. The topological polar surface area (TPSA) is 122 Å². The molecule has 1 aromatic carbocycles. The quantitative estimate of drug-likeness (QED) is 0.281. The minimum Gasteiger partial charge on any atom is -0.377 e. The van der Waals surface area contributed by atoms with Gasteiger partial charge in [-0.2, -0.15) is 15.0 Å². The minimum absolute atomic E-state index is 0.0984. The molecule has 10 nitrogen and oxygen atoms in total. The highest BCUT2D eigenvalue weighted by molar-refractivity contribution is 5.94. The number of hydrogen-bond acceptors (Lipinski definition) is 9. The maximum atomic E-state index is 11.9. The molecule has 0 aliphatic heterocycles. The second kappa shape index (κ2) is 15.1. The highest BCUT2D eigenvalue weighted by Gasteiger charge is 2.16. The van der Waals surface area contributed by atoms with Crippen molar-refractivity contribution in [3.8, 4) is 0 Å². The zero-order chi connectivity index (χ0) is 24.7. The van der Waals surface area contributed by atoms with Gasteiger partial charge in [0.15, 0.2) is 0 Å². The fraction of sp³-hybridized carbons (Fsp3) is 0.600. The summed E-state index contributed by atoms with van der Waals surface area (Å²) in [6.45, 7) is 7.01. The molecule has 1 aliphatic carbocycles. The van der Waals surface area contributed by atoms with Gasteiger partial charge in [0.1, 0.15) is 0 Å². The van der Waals surface area contributed by atoms with Crippen LogP contribution in [0.15, 0.2) is 30.3 Å². The van der Waals surface area contributed by atoms with E-state index < -0.39 is 0 Å². The molecule has 3 rings (SSSR count). The zero-order valence-electron chi connectivity index (χ0n) is 20.9. The van der Waals surface area contributed by atoms with Gasteiger partial charge in [0, 0.05) is 30.7 Å². The number of benzene rings is 1. The molecule has 1 aromatic heterocycles. The van der Waals surface area contributed by atoms with Crippen molar-refractivity contribution in [1.82, 2.24) is 20.3 Å². The van der Waals surface area contributed by atoms with Crippen molar-refractivity contribution in [3.05, 3.63) is 35.9 Å². The standard InChI is InChI=1S/C25H39N7O3/c1-19(2)28-24-30-23(31-25(32-24)29-21-11-7-4-8-12-21)27-14-16-35-18-17-34-15-13-26-22(33)20-9-5-3-6-10-20/h3,5-6,9-10,19,21H,4,7-8,11-18H2,1-2H3,(H,26,33)(H3,27,28,29,30,31,32). The Morgan fingerprint density at radius 2 is 1.54 bits per heavy atom. The van der Waals surface area contributed by atoms with Crippen molar-refractivity contribution < 1.29 is 14.3 Å². The number of rotatable bonds is 15. The molecule has 0 spiro atoms. The second-order valence-corrected chi connectivity index (χ2v) is 8.86. The maximum absolute atomic E-state index is 11.9. The van der Waals surface area contributed by atoms with Gasteiger partial charge in [0.25, 0.3) is 5.91 Å². The summed E-state index contributed by atoms with van der Waals surface area (Å²) in [6, 6.07) is 9.77. The third-order valence-electron chi connectivity index (χ3n) is 5.46. The van der Waals surface area contributed by atoms with Crippen LogP contribution < -0.4 is 21.3 Å². The van der Waals surface area contributed by atoms with Gasteiger partial charge in [0.2, 0.25) is 17.8 Å². The summed E-state index contributed by atoms with van der Waals surface area (Å²) >= 11 is 0. The van der Waals surface area contributed by atoms with Crippen molar-refractivity contribution in [2.24, 2.45) is 0 Å². The van der Waals surface area contributed by atoms with Gasteiger partial charge in [-0.1, -0.05) is 37.5 Å². The summed E-state index contributed by atoms with van der Waals surface area (Å²) in [6.07, 6.45) is 6.09. The lowest BCUT2D eigenvalue weighted by atomic mass is 9.96. The van der Waals surface area contributed by atoms with Crippen LogP contribution in [0.25, 0.3) is 0 Å². The molecule has 4 N–H and O–H groups in total. The van der Waals surface area contributed by atoms with E-state index in [0.717, 1.165) is 12.8 Å². The maximum Gasteiger partial charge on any atom is 0.251 e. The first kappa shape index (κ1) is 26.6. The molecule has 1 fully saturated rings. The average molecular weight is 486 g/mol. The summed E-state index contributed by atoms with van der Waals surface area (Å²) in [4.78, 5) is 25.5. The van der Waals surface area contributed by atoms with Crippen LogP contribution in [0.2, 0.25) is 0 Å². The van der Waals surface area contributed by atoms with Gasteiger partial charge in [0.05, 0.1) is 26.4 Å². The van der Waals surface area contributed by atoms with Crippen LogP contribution >= 0.6 is 0 Å². The van der Waals surface area contributed by atoms with Crippen LogP contribution in [-0.2, 0) is 9.47 Å². The predicted molar refractivity (Wildman–Crippen MR) is 138 cm³/mol. The number of nitrogens with zero attached hydrogens (tertiary/aromatic N) is 3. The smallest absolute Gasteiger partial charge is 0.251 e. The molecule has 0 bridgehead atoms. The molecule has 1 saturated carbocycles. The van der Waals surface area contributed by atoms with Gasteiger partial charge in [-0.05, 0) is 38.8 Å². The largest absolute Gasteiger partial charge is 0.377 e. The Kier molecular flexibility index (Phi) is 11.5. The molecule has 1 heterocycles. The van der Waals surface area contributed by atoms with E-state index in [1.54, 1.807) is 12.1 Å². The van der Waals surface area contributed by atoms with E-state index >= 15 is 0 Å². The first-order valence-corrected chi connectivity index (χ1v) is 12.6. The fourth-order valence-corrected chi connectivity index (χ4v) is 3.76.